The number of nitrogens with one attached hydrogen (secondary N) is 1. The number of carbonyl (C=O) groups excluding carboxylic acids is 1. The van der Waals surface area contributed by atoms with E-state index < -0.39 is 0 Å². The number of hydrogen-bond donors (Lipinski definition) is 1. The molecule has 1 N–H and O–H groups in total. The standard InChI is InChI=1S/C14H19N5O2/c1-9-8-11(17-16-9)14(20)19-7-5-3-4-6-12(19)13-15-10(2)21-18-13/h8,12H,3-7H2,1-2H3,(H,16,17). The first-order valence-corrected chi connectivity index (χ1v) is 7.28. The molecule has 2 aromatic rings. The maximum Gasteiger partial charge on any atom is 0.274 e. The molecule has 1 unspecified atom stereocenters. The van der Waals surface area contributed by atoms with Crippen LogP contribution < -0.4 is 0 Å². The predicted molar refractivity (Wildman–Crippen MR) is 74.6 cm³/mol. The minimum Gasteiger partial charge on any atom is -0.340 e. The van der Waals surface area contributed by atoms with Crippen LogP contribution >= 0.6 is 0 Å². The zero-order chi connectivity index (χ0) is 14.8. The molecule has 0 bridgehead atoms. The average Bonchev–Trinajstić information content (AvgIpc) is 3.00. The Hall–Kier alpha value is -2.18. The van der Waals surface area contributed by atoms with E-state index in [0.29, 0.717) is 24.0 Å². The number of nitrogens with zero attached hydrogens (tertiary/aromatic N) is 4. The fraction of sp³-hybridized carbons (Fsp3) is 0.571. The maximum atomic E-state index is 12.7. The third-order valence-corrected chi connectivity index (χ3v) is 3.78. The summed E-state index contributed by atoms with van der Waals surface area (Å²) in [4.78, 5) is 18.8. The second kappa shape index (κ2) is 5.67. The van der Waals surface area contributed by atoms with Crippen molar-refractivity contribution >= 4 is 5.91 Å². The first-order valence-electron chi connectivity index (χ1n) is 7.28. The maximum absolute atomic E-state index is 12.7. The summed E-state index contributed by atoms with van der Waals surface area (Å²) in [6.07, 6.45) is 4.01. The summed E-state index contributed by atoms with van der Waals surface area (Å²) in [5.74, 6) is 1.04. The molecular weight excluding hydrogens is 270 g/mol. The molecule has 3 rings (SSSR count). The number of likely N-dealkylation sites (tertiary alicyclic amines) is 1. The molecule has 2 aromatic heterocycles. The molecular formula is C14H19N5O2. The molecule has 7 nitrogen and oxygen atoms in total. The fourth-order valence-electron chi connectivity index (χ4n) is 2.74. The molecule has 3 heterocycles. The Bertz CT molecular complexity index is 633. The monoisotopic (exact) mass is 289 g/mol. The highest BCUT2D eigenvalue weighted by molar-refractivity contribution is 5.92. The van der Waals surface area contributed by atoms with Gasteiger partial charge in [-0.25, -0.2) is 0 Å². The van der Waals surface area contributed by atoms with E-state index in [-0.39, 0.29) is 11.9 Å². The second-order valence-corrected chi connectivity index (χ2v) is 5.47. The summed E-state index contributed by atoms with van der Waals surface area (Å²) < 4.78 is 5.08. The number of carbonyl (C=O) groups is 1. The largest absolute Gasteiger partial charge is 0.340 e. The minimum atomic E-state index is -0.130. The fourth-order valence-corrected chi connectivity index (χ4v) is 2.74. The number of hydrogen-bond acceptors (Lipinski definition) is 5. The Balaban J connectivity index is 1.90. The van der Waals surface area contributed by atoms with Gasteiger partial charge in [0.25, 0.3) is 5.91 Å². The van der Waals surface area contributed by atoms with Gasteiger partial charge in [-0.3, -0.25) is 9.89 Å². The van der Waals surface area contributed by atoms with Gasteiger partial charge in [-0.15, -0.1) is 0 Å². The Morgan fingerprint density at radius 1 is 1.38 bits per heavy atom. The summed E-state index contributed by atoms with van der Waals surface area (Å²) in [7, 11) is 0. The van der Waals surface area contributed by atoms with Gasteiger partial charge in [0.2, 0.25) is 5.89 Å². The zero-order valence-corrected chi connectivity index (χ0v) is 12.3. The van der Waals surface area contributed by atoms with Crippen LogP contribution in [-0.2, 0) is 0 Å². The Kier molecular flexibility index (Phi) is 3.72. The van der Waals surface area contributed by atoms with Crippen molar-refractivity contribution in [1.82, 2.24) is 25.2 Å². The molecule has 0 spiro atoms. The molecule has 112 valence electrons. The van der Waals surface area contributed by atoms with Gasteiger partial charge in [0, 0.05) is 19.2 Å². The van der Waals surface area contributed by atoms with E-state index in [1.54, 1.807) is 13.0 Å². The van der Waals surface area contributed by atoms with Crippen LogP contribution in [0.15, 0.2) is 10.6 Å². The minimum absolute atomic E-state index is 0.0753. The van der Waals surface area contributed by atoms with Gasteiger partial charge in [0.05, 0.1) is 6.04 Å². The van der Waals surface area contributed by atoms with Crippen LogP contribution in [0.2, 0.25) is 0 Å². The van der Waals surface area contributed by atoms with E-state index in [2.05, 4.69) is 20.3 Å². The first kappa shape index (κ1) is 13.8. The number of rotatable bonds is 2. The van der Waals surface area contributed by atoms with E-state index in [4.69, 9.17) is 4.52 Å². The highest BCUT2D eigenvalue weighted by Gasteiger charge is 2.31. The summed E-state index contributed by atoms with van der Waals surface area (Å²) in [5.41, 5.74) is 1.32. The van der Waals surface area contributed by atoms with Gasteiger partial charge in [-0.05, 0) is 25.8 Å². The normalized spacial score (nSPS) is 19.5. The Morgan fingerprint density at radius 3 is 2.90 bits per heavy atom. The lowest BCUT2D eigenvalue weighted by Gasteiger charge is -2.27. The molecule has 0 aliphatic carbocycles. The third kappa shape index (κ3) is 2.81. The Morgan fingerprint density at radius 2 is 2.24 bits per heavy atom. The molecule has 1 atom stereocenters. The number of H-pyrrole nitrogens is 1. The molecule has 0 radical (unpaired) electrons. The van der Waals surface area contributed by atoms with Crippen molar-refractivity contribution in [2.45, 2.75) is 45.6 Å². The van der Waals surface area contributed by atoms with Crippen molar-refractivity contribution in [2.75, 3.05) is 6.54 Å². The van der Waals surface area contributed by atoms with Crippen LogP contribution in [0.4, 0.5) is 0 Å². The van der Waals surface area contributed by atoms with Gasteiger partial charge >= 0.3 is 0 Å². The number of aromatic nitrogens is 4. The molecule has 7 heteroatoms. The molecule has 1 fully saturated rings. The smallest absolute Gasteiger partial charge is 0.274 e. The van der Waals surface area contributed by atoms with Crippen molar-refractivity contribution in [3.05, 3.63) is 29.2 Å². The third-order valence-electron chi connectivity index (χ3n) is 3.78. The van der Waals surface area contributed by atoms with Gasteiger partial charge < -0.3 is 9.42 Å². The summed E-state index contributed by atoms with van der Waals surface area (Å²) >= 11 is 0. The van der Waals surface area contributed by atoms with E-state index >= 15 is 0 Å². The summed E-state index contributed by atoms with van der Waals surface area (Å²) in [6.45, 7) is 4.34. The van der Waals surface area contributed by atoms with Gasteiger partial charge in [0.15, 0.2) is 5.82 Å². The van der Waals surface area contributed by atoms with Crippen LogP contribution in [0.25, 0.3) is 0 Å². The van der Waals surface area contributed by atoms with Crippen molar-refractivity contribution < 1.29 is 9.32 Å². The summed E-state index contributed by atoms with van der Waals surface area (Å²) in [6, 6.07) is 1.64. The lowest BCUT2D eigenvalue weighted by atomic mass is 10.1. The molecule has 1 saturated heterocycles. The van der Waals surface area contributed by atoms with Crippen LogP contribution in [0.5, 0.6) is 0 Å². The molecule has 0 saturated carbocycles. The number of aryl methyl sites for hydroxylation is 2. The van der Waals surface area contributed by atoms with Crippen LogP contribution in [-0.4, -0.2) is 37.7 Å². The van der Waals surface area contributed by atoms with Crippen LogP contribution in [0.1, 0.15) is 59.6 Å². The number of aromatic amines is 1. The Labute approximate surface area is 122 Å². The topological polar surface area (TPSA) is 87.9 Å². The van der Waals surface area contributed by atoms with Crippen molar-refractivity contribution in [3.8, 4) is 0 Å². The second-order valence-electron chi connectivity index (χ2n) is 5.47. The van der Waals surface area contributed by atoms with Gasteiger partial charge in [-0.2, -0.15) is 10.1 Å². The van der Waals surface area contributed by atoms with E-state index in [1.165, 1.54) is 0 Å². The molecule has 0 aromatic carbocycles. The summed E-state index contributed by atoms with van der Waals surface area (Å²) in [5, 5.41) is 10.9. The molecule has 21 heavy (non-hydrogen) atoms. The highest BCUT2D eigenvalue weighted by atomic mass is 16.5. The van der Waals surface area contributed by atoms with E-state index in [0.717, 1.165) is 31.4 Å². The first-order chi connectivity index (χ1) is 10.1. The zero-order valence-electron chi connectivity index (χ0n) is 12.3. The lowest BCUT2D eigenvalue weighted by molar-refractivity contribution is 0.0664. The van der Waals surface area contributed by atoms with E-state index in [1.807, 2.05) is 11.8 Å². The number of amides is 1. The highest BCUT2D eigenvalue weighted by Crippen LogP contribution is 2.29. The van der Waals surface area contributed by atoms with Crippen molar-refractivity contribution in [3.63, 3.8) is 0 Å². The SMILES string of the molecule is Cc1cc(C(=O)N2CCCCCC2c2noc(C)n2)n[nH]1. The predicted octanol–water partition coefficient (Wildman–Crippen LogP) is 2.17. The molecule has 1 aliphatic rings. The van der Waals surface area contributed by atoms with E-state index in [9.17, 15) is 4.79 Å². The van der Waals surface area contributed by atoms with Crippen LogP contribution in [0, 0.1) is 13.8 Å². The van der Waals surface area contributed by atoms with Gasteiger partial charge in [-0.1, -0.05) is 18.0 Å². The van der Waals surface area contributed by atoms with Crippen LogP contribution in [0.3, 0.4) is 0 Å². The van der Waals surface area contributed by atoms with Crippen molar-refractivity contribution in [2.24, 2.45) is 0 Å². The quantitative estimate of drug-likeness (QED) is 0.915. The van der Waals surface area contributed by atoms with Crippen molar-refractivity contribution in [1.29, 1.82) is 0 Å². The average molecular weight is 289 g/mol. The molecule has 1 aliphatic heterocycles. The van der Waals surface area contributed by atoms with Gasteiger partial charge in [0.1, 0.15) is 5.69 Å². The lowest BCUT2D eigenvalue weighted by Crippen LogP contribution is -2.35. The molecule has 1 amide bonds.